The van der Waals surface area contributed by atoms with E-state index < -0.39 is 0 Å². The molecule has 0 aromatic carbocycles. The predicted molar refractivity (Wildman–Crippen MR) is 32.1 cm³/mol. The van der Waals surface area contributed by atoms with Crippen molar-refractivity contribution < 1.29 is 4.79 Å². The fraction of sp³-hybridized carbons (Fsp3) is 0.833. The lowest BCUT2D eigenvalue weighted by molar-refractivity contribution is 0.600. The van der Waals surface area contributed by atoms with Gasteiger partial charge in [0.2, 0.25) is 0 Å². The first-order valence-electron chi connectivity index (χ1n) is 2.78. The van der Waals surface area contributed by atoms with E-state index in [2.05, 4.69) is 6.92 Å². The van der Waals surface area contributed by atoms with Crippen molar-refractivity contribution in [3.63, 3.8) is 0 Å². The zero-order chi connectivity index (χ0) is 5.70. The first-order chi connectivity index (χ1) is 3.31. The minimum absolute atomic E-state index is 0.380. The number of rotatable bonds is 3. The van der Waals surface area contributed by atoms with Gasteiger partial charge in [0.15, 0.2) is 0 Å². The van der Waals surface area contributed by atoms with Crippen LogP contribution in [-0.4, -0.2) is 11.1 Å². The Morgan fingerprint density at radius 1 is 1.71 bits per heavy atom. The molecular weight excluding hydrogens is 88.1 g/mol. The molecule has 0 aliphatic carbocycles. The molecule has 1 heteroatoms. The van der Waals surface area contributed by atoms with Crippen molar-refractivity contribution in [2.45, 2.75) is 26.7 Å². The predicted octanol–water partition coefficient (Wildman–Crippen LogP) is 1.60. The fourth-order valence-electron chi connectivity index (χ4n) is 0.530. The van der Waals surface area contributed by atoms with Gasteiger partial charge in [-0.3, -0.25) is 4.79 Å². The average molecular weight is 101 g/mol. The van der Waals surface area contributed by atoms with E-state index in [0.29, 0.717) is 5.92 Å². The molecule has 0 aromatic rings. The Labute approximate surface area is 44.7 Å². The van der Waals surface area contributed by atoms with E-state index in [9.17, 15) is 0 Å². The summed E-state index contributed by atoms with van der Waals surface area (Å²) in [5, 5.41) is 0. The van der Waals surface area contributed by atoms with E-state index in [-0.39, 0.29) is 0 Å². The Balaban J connectivity index is 2.98. The highest BCUT2D eigenvalue weighted by Crippen LogP contribution is 1.98. The van der Waals surface area contributed by atoms with Crippen molar-refractivity contribution in [3.8, 4) is 0 Å². The molecule has 1 unspecified atom stereocenters. The van der Waals surface area contributed by atoms with Crippen molar-refractivity contribution in [2.24, 2.45) is 5.92 Å². The molecule has 42 valence electrons. The third-order valence-corrected chi connectivity index (χ3v) is 0.998. The van der Waals surface area contributed by atoms with Crippen LogP contribution >= 0.6 is 0 Å². The SMILES string of the molecule is CCCC(C)C=[OH+]. The quantitative estimate of drug-likeness (QED) is 0.380. The molecular formula is C6H13O+. The van der Waals surface area contributed by atoms with Gasteiger partial charge in [-0.1, -0.05) is 20.3 Å². The van der Waals surface area contributed by atoms with Crippen LogP contribution in [0.3, 0.4) is 0 Å². The summed E-state index contributed by atoms with van der Waals surface area (Å²) in [6, 6.07) is 0. The molecule has 1 N–H and O–H groups in total. The monoisotopic (exact) mass is 101 g/mol. The van der Waals surface area contributed by atoms with Gasteiger partial charge in [0, 0.05) is 0 Å². The van der Waals surface area contributed by atoms with E-state index in [1.807, 2.05) is 6.92 Å². The zero-order valence-electron chi connectivity index (χ0n) is 5.02. The summed E-state index contributed by atoms with van der Waals surface area (Å²) in [6.07, 6.45) is 3.50. The molecule has 0 fully saturated rings. The Morgan fingerprint density at radius 2 is 2.29 bits per heavy atom. The zero-order valence-corrected chi connectivity index (χ0v) is 5.02. The summed E-state index contributed by atoms with van der Waals surface area (Å²) < 4.78 is 0. The molecule has 0 saturated carbocycles. The second kappa shape index (κ2) is 3.85. The first-order valence-corrected chi connectivity index (χ1v) is 2.78. The number of carbonyl (C=O) groups excluding carboxylic acids is 1. The van der Waals surface area contributed by atoms with Crippen molar-refractivity contribution >= 4 is 6.29 Å². The highest BCUT2D eigenvalue weighted by atomic mass is 16.1. The minimum Gasteiger partial charge on any atom is -0.287 e. The van der Waals surface area contributed by atoms with E-state index in [4.69, 9.17) is 4.79 Å². The van der Waals surface area contributed by atoms with Gasteiger partial charge < -0.3 is 0 Å². The molecule has 0 saturated heterocycles. The maximum atomic E-state index is 8.34. The molecule has 0 radical (unpaired) electrons. The summed E-state index contributed by atoms with van der Waals surface area (Å²) in [7, 11) is 0. The normalized spacial score (nSPS) is 13.4. The smallest absolute Gasteiger partial charge is 0.284 e. The fourth-order valence-corrected chi connectivity index (χ4v) is 0.530. The van der Waals surface area contributed by atoms with Crippen molar-refractivity contribution in [1.29, 1.82) is 0 Å². The second-order valence-electron chi connectivity index (χ2n) is 1.92. The van der Waals surface area contributed by atoms with Gasteiger partial charge in [-0.05, 0) is 6.42 Å². The molecule has 0 aliphatic heterocycles. The number of hydrogen-bond acceptors (Lipinski definition) is 0. The third kappa shape index (κ3) is 3.50. The molecule has 0 aromatic heterocycles. The van der Waals surface area contributed by atoms with Crippen LogP contribution < -0.4 is 0 Å². The maximum Gasteiger partial charge on any atom is 0.284 e. The molecule has 0 spiro atoms. The van der Waals surface area contributed by atoms with E-state index in [1.54, 1.807) is 0 Å². The highest BCUT2D eigenvalue weighted by Gasteiger charge is 1.98. The van der Waals surface area contributed by atoms with Crippen LogP contribution in [0.5, 0.6) is 0 Å². The lowest BCUT2D eigenvalue weighted by Gasteiger charge is -1.91. The van der Waals surface area contributed by atoms with Crippen molar-refractivity contribution in [3.05, 3.63) is 0 Å². The summed E-state index contributed by atoms with van der Waals surface area (Å²) in [5.74, 6) is 0.380. The van der Waals surface area contributed by atoms with Crippen LogP contribution in [0.25, 0.3) is 0 Å². The van der Waals surface area contributed by atoms with E-state index in [1.165, 1.54) is 6.29 Å². The van der Waals surface area contributed by atoms with Crippen LogP contribution in [-0.2, 0) is 0 Å². The van der Waals surface area contributed by atoms with Gasteiger partial charge in [0.1, 0.15) is 0 Å². The Morgan fingerprint density at radius 3 is 2.43 bits per heavy atom. The molecule has 0 heterocycles. The summed E-state index contributed by atoms with van der Waals surface area (Å²) in [6.45, 7) is 4.11. The molecule has 0 bridgehead atoms. The topological polar surface area (TPSA) is 21.4 Å². The van der Waals surface area contributed by atoms with Crippen LogP contribution in [0.2, 0.25) is 0 Å². The van der Waals surface area contributed by atoms with Gasteiger partial charge in [-0.2, -0.15) is 0 Å². The molecule has 0 amide bonds. The third-order valence-electron chi connectivity index (χ3n) is 0.998. The highest BCUT2D eigenvalue weighted by molar-refractivity contribution is 5.53. The Hall–Kier alpha value is -0.330. The van der Waals surface area contributed by atoms with Crippen molar-refractivity contribution in [2.75, 3.05) is 0 Å². The standard InChI is InChI=1S/C6H12O/c1-3-4-6(2)5-7/h5-6H,3-4H2,1-2H3/p+1. The van der Waals surface area contributed by atoms with E-state index in [0.717, 1.165) is 12.8 Å². The van der Waals surface area contributed by atoms with Crippen LogP contribution in [0.1, 0.15) is 26.7 Å². The van der Waals surface area contributed by atoms with Gasteiger partial charge in [0.25, 0.3) is 6.29 Å². The summed E-state index contributed by atoms with van der Waals surface area (Å²) in [5.41, 5.74) is 0. The minimum atomic E-state index is 0.380. The Bertz CT molecular complexity index is 50.1. The number of aldehydes is 1. The van der Waals surface area contributed by atoms with Gasteiger partial charge >= 0.3 is 0 Å². The van der Waals surface area contributed by atoms with Gasteiger partial charge in [-0.15, -0.1) is 0 Å². The Kier molecular flexibility index (Phi) is 3.67. The van der Waals surface area contributed by atoms with Gasteiger partial charge in [-0.25, -0.2) is 0 Å². The van der Waals surface area contributed by atoms with Crippen molar-refractivity contribution in [1.82, 2.24) is 0 Å². The van der Waals surface area contributed by atoms with Crippen LogP contribution in [0, 0.1) is 5.92 Å². The second-order valence-corrected chi connectivity index (χ2v) is 1.92. The van der Waals surface area contributed by atoms with Crippen LogP contribution in [0.4, 0.5) is 0 Å². The summed E-state index contributed by atoms with van der Waals surface area (Å²) in [4.78, 5) is 8.34. The number of hydrogen-bond donors (Lipinski definition) is 0. The molecule has 1 atom stereocenters. The average Bonchev–Trinajstić information content (AvgIpc) is 1.68. The first kappa shape index (κ1) is 6.67. The molecule has 0 rings (SSSR count). The molecule has 0 aliphatic rings. The van der Waals surface area contributed by atoms with E-state index >= 15 is 0 Å². The lowest BCUT2D eigenvalue weighted by Crippen LogP contribution is -1.92. The van der Waals surface area contributed by atoms with Crippen LogP contribution in [0.15, 0.2) is 0 Å². The maximum absolute atomic E-state index is 8.34. The molecule has 7 heavy (non-hydrogen) atoms. The summed E-state index contributed by atoms with van der Waals surface area (Å²) >= 11 is 0. The lowest BCUT2D eigenvalue weighted by atomic mass is 10.1. The van der Waals surface area contributed by atoms with Gasteiger partial charge in [0.05, 0.1) is 5.92 Å². The largest absolute Gasteiger partial charge is 0.287 e. The molecule has 1 nitrogen and oxygen atoms in total.